The van der Waals surface area contributed by atoms with Crippen LogP contribution in [0.5, 0.6) is 0 Å². The van der Waals surface area contributed by atoms with E-state index in [1.54, 1.807) is 0 Å². The van der Waals surface area contributed by atoms with Crippen molar-refractivity contribution in [2.75, 3.05) is 7.05 Å². The second-order valence-corrected chi connectivity index (χ2v) is 5.17. The molecule has 0 aliphatic rings. The van der Waals surface area contributed by atoms with Gasteiger partial charge >= 0.3 is 0 Å². The Bertz CT molecular complexity index is 548. The molecule has 19 heavy (non-hydrogen) atoms. The van der Waals surface area contributed by atoms with Crippen LogP contribution in [0.1, 0.15) is 29.8 Å². The minimum atomic E-state index is 0.266. The van der Waals surface area contributed by atoms with Crippen molar-refractivity contribution in [3.63, 3.8) is 0 Å². The molecule has 0 saturated heterocycles. The molecule has 102 valence electrons. The fourth-order valence-corrected chi connectivity index (χ4v) is 2.60. The van der Waals surface area contributed by atoms with Crippen molar-refractivity contribution >= 4 is 11.6 Å². The van der Waals surface area contributed by atoms with Crippen molar-refractivity contribution in [2.45, 2.75) is 25.8 Å². The summed E-state index contributed by atoms with van der Waals surface area (Å²) < 4.78 is 1.89. The molecule has 0 spiro atoms. The van der Waals surface area contributed by atoms with Crippen LogP contribution >= 0.6 is 11.6 Å². The number of halogens is 1. The van der Waals surface area contributed by atoms with Crippen LogP contribution in [0, 0.1) is 0 Å². The van der Waals surface area contributed by atoms with E-state index in [-0.39, 0.29) is 6.04 Å². The lowest BCUT2D eigenvalue weighted by Crippen LogP contribution is -2.19. The molecule has 0 radical (unpaired) electrons. The van der Waals surface area contributed by atoms with Crippen molar-refractivity contribution in [2.24, 2.45) is 7.05 Å². The third-order valence-corrected chi connectivity index (χ3v) is 3.56. The Labute approximate surface area is 119 Å². The average molecular weight is 278 g/mol. The van der Waals surface area contributed by atoms with Gasteiger partial charge in [-0.25, -0.2) is 0 Å². The van der Waals surface area contributed by atoms with Gasteiger partial charge in [-0.3, -0.25) is 4.68 Å². The van der Waals surface area contributed by atoms with E-state index in [0.29, 0.717) is 0 Å². The first kappa shape index (κ1) is 14.1. The van der Waals surface area contributed by atoms with Crippen LogP contribution in [0.4, 0.5) is 0 Å². The maximum absolute atomic E-state index is 6.04. The number of benzene rings is 1. The maximum atomic E-state index is 6.04. The smallest absolute Gasteiger partial charge is 0.0669 e. The molecule has 1 aromatic carbocycles. The summed E-state index contributed by atoms with van der Waals surface area (Å²) in [5, 5.41) is 8.67. The van der Waals surface area contributed by atoms with Crippen molar-refractivity contribution < 1.29 is 0 Å². The highest BCUT2D eigenvalue weighted by Crippen LogP contribution is 2.22. The van der Waals surface area contributed by atoms with Crippen molar-refractivity contribution in [1.29, 1.82) is 0 Å². The van der Waals surface area contributed by atoms with Gasteiger partial charge in [-0.2, -0.15) is 5.10 Å². The normalized spacial score (nSPS) is 12.6. The number of likely N-dealkylation sites (N-methyl/N-ethyl adjacent to an activating group) is 1. The largest absolute Gasteiger partial charge is 0.313 e. The first-order chi connectivity index (χ1) is 9.13. The lowest BCUT2D eigenvalue weighted by Gasteiger charge is -2.16. The molecule has 1 atom stereocenters. The second kappa shape index (κ2) is 6.22. The number of rotatable bonds is 5. The van der Waals surface area contributed by atoms with Crippen LogP contribution < -0.4 is 5.32 Å². The van der Waals surface area contributed by atoms with Gasteiger partial charge in [-0.1, -0.05) is 30.7 Å². The molecule has 1 heterocycles. The molecule has 1 unspecified atom stereocenters. The number of nitrogens with zero attached hydrogens (tertiary/aromatic N) is 2. The first-order valence-corrected chi connectivity index (χ1v) is 6.96. The molecule has 4 heteroatoms. The monoisotopic (exact) mass is 277 g/mol. The molecule has 1 N–H and O–H groups in total. The van der Waals surface area contributed by atoms with E-state index in [4.69, 9.17) is 11.6 Å². The summed E-state index contributed by atoms with van der Waals surface area (Å²) in [5.41, 5.74) is 3.66. The fraction of sp³-hybridized carbons (Fsp3) is 0.400. The molecular formula is C15H20ClN3. The van der Waals surface area contributed by atoms with Crippen molar-refractivity contribution in [3.05, 3.63) is 52.3 Å². The van der Waals surface area contributed by atoms with E-state index in [0.717, 1.165) is 23.6 Å². The molecule has 2 aromatic rings. The molecule has 3 nitrogen and oxygen atoms in total. The first-order valence-electron chi connectivity index (χ1n) is 6.58. The van der Waals surface area contributed by atoms with Gasteiger partial charge in [0.05, 0.1) is 5.69 Å². The van der Waals surface area contributed by atoms with Gasteiger partial charge < -0.3 is 5.32 Å². The Balaban J connectivity index is 2.24. The minimum absolute atomic E-state index is 0.266. The zero-order valence-electron chi connectivity index (χ0n) is 11.7. The molecule has 2 rings (SSSR count). The Kier molecular flexibility index (Phi) is 4.61. The molecule has 0 aliphatic heterocycles. The molecule has 0 amide bonds. The lowest BCUT2D eigenvalue weighted by molar-refractivity contribution is 0.586. The van der Waals surface area contributed by atoms with Crippen LogP contribution in [-0.2, 0) is 19.9 Å². The van der Waals surface area contributed by atoms with Crippen LogP contribution in [0.15, 0.2) is 30.5 Å². The van der Waals surface area contributed by atoms with Gasteiger partial charge in [-0.15, -0.1) is 0 Å². The number of aromatic nitrogens is 2. The Morgan fingerprint density at radius 3 is 2.84 bits per heavy atom. The molecular weight excluding hydrogens is 258 g/mol. The summed E-state index contributed by atoms with van der Waals surface area (Å²) in [6.07, 6.45) is 3.96. The number of hydrogen-bond donors (Lipinski definition) is 1. The Morgan fingerprint density at radius 2 is 2.21 bits per heavy atom. The zero-order chi connectivity index (χ0) is 13.8. The molecule has 0 fully saturated rings. The van der Waals surface area contributed by atoms with E-state index in [1.165, 1.54) is 11.1 Å². The lowest BCUT2D eigenvalue weighted by atomic mass is 9.99. The average Bonchev–Trinajstić information content (AvgIpc) is 2.77. The molecule has 0 saturated carbocycles. The summed E-state index contributed by atoms with van der Waals surface area (Å²) in [4.78, 5) is 0. The van der Waals surface area contributed by atoms with E-state index in [2.05, 4.69) is 29.6 Å². The zero-order valence-corrected chi connectivity index (χ0v) is 12.4. The van der Waals surface area contributed by atoms with Gasteiger partial charge in [0.25, 0.3) is 0 Å². The van der Waals surface area contributed by atoms with Crippen LogP contribution in [0.2, 0.25) is 5.02 Å². The quantitative estimate of drug-likeness (QED) is 0.910. The van der Waals surface area contributed by atoms with Gasteiger partial charge in [0.1, 0.15) is 0 Å². The van der Waals surface area contributed by atoms with Gasteiger partial charge in [0.15, 0.2) is 0 Å². The third-order valence-electron chi connectivity index (χ3n) is 3.33. The number of aryl methyl sites for hydroxylation is 2. The summed E-state index contributed by atoms with van der Waals surface area (Å²) in [5.74, 6) is 0. The number of nitrogens with one attached hydrogen (secondary N) is 1. The Morgan fingerprint density at radius 1 is 1.42 bits per heavy atom. The number of hydrogen-bond acceptors (Lipinski definition) is 2. The minimum Gasteiger partial charge on any atom is -0.313 e. The van der Waals surface area contributed by atoms with E-state index in [1.807, 2.05) is 37.0 Å². The van der Waals surface area contributed by atoms with Gasteiger partial charge in [-0.05, 0) is 37.6 Å². The maximum Gasteiger partial charge on any atom is 0.0669 e. The van der Waals surface area contributed by atoms with E-state index in [9.17, 15) is 0 Å². The topological polar surface area (TPSA) is 29.9 Å². The second-order valence-electron chi connectivity index (χ2n) is 4.73. The molecule has 0 bridgehead atoms. The van der Waals surface area contributed by atoms with Gasteiger partial charge in [0, 0.05) is 29.9 Å². The summed E-state index contributed by atoms with van der Waals surface area (Å²) in [6, 6.07) is 8.30. The van der Waals surface area contributed by atoms with E-state index < -0.39 is 0 Å². The van der Waals surface area contributed by atoms with Gasteiger partial charge in [0.2, 0.25) is 0 Å². The Hall–Kier alpha value is -1.32. The van der Waals surface area contributed by atoms with Crippen LogP contribution in [0.25, 0.3) is 0 Å². The fourth-order valence-electron chi connectivity index (χ4n) is 2.39. The van der Waals surface area contributed by atoms with Crippen LogP contribution in [-0.4, -0.2) is 16.8 Å². The predicted octanol–water partition coefficient (Wildman–Crippen LogP) is 3.14. The van der Waals surface area contributed by atoms with E-state index >= 15 is 0 Å². The van der Waals surface area contributed by atoms with Crippen LogP contribution in [0.3, 0.4) is 0 Å². The van der Waals surface area contributed by atoms with Crippen molar-refractivity contribution in [3.8, 4) is 0 Å². The summed E-state index contributed by atoms with van der Waals surface area (Å²) in [7, 11) is 3.95. The summed E-state index contributed by atoms with van der Waals surface area (Å²) >= 11 is 6.04. The standard InChI is InChI=1S/C15H20ClN3/c1-4-14-13(10-19(3)18-14)15(17-2)9-11-6-5-7-12(16)8-11/h5-8,10,15,17H,4,9H2,1-3H3. The highest BCUT2D eigenvalue weighted by atomic mass is 35.5. The predicted molar refractivity (Wildman–Crippen MR) is 79.5 cm³/mol. The third kappa shape index (κ3) is 3.37. The SMILES string of the molecule is CCc1nn(C)cc1C(Cc1cccc(Cl)c1)NC. The molecule has 0 aliphatic carbocycles. The highest BCUT2D eigenvalue weighted by molar-refractivity contribution is 6.30. The van der Waals surface area contributed by atoms with Crippen molar-refractivity contribution in [1.82, 2.24) is 15.1 Å². The summed E-state index contributed by atoms with van der Waals surface area (Å²) in [6.45, 7) is 2.14. The highest BCUT2D eigenvalue weighted by Gasteiger charge is 2.16. The molecule has 1 aromatic heterocycles.